The van der Waals surface area contributed by atoms with Crippen molar-refractivity contribution in [1.82, 2.24) is 4.90 Å². The maximum atomic E-state index is 12.5. The van der Waals surface area contributed by atoms with E-state index < -0.39 is 12.0 Å². The minimum absolute atomic E-state index is 0.0735. The van der Waals surface area contributed by atoms with Crippen LogP contribution in [0.3, 0.4) is 0 Å². The standard InChI is InChI=1S/C15H19NO4/c17-10-11-5-7-12(8-6-11)14(18)16-9-3-1-2-4-13(16)15(19)20/h5-8,13,17H,1-4,9-10H2,(H,19,20). The highest BCUT2D eigenvalue weighted by Crippen LogP contribution is 2.20. The van der Waals surface area contributed by atoms with E-state index in [1.54, 1.807) is 24.3 Å². The second-order valence-corrected chi connectivity index (χ2v) is 5.06. The molecule has 0 bridgehead atoms. The van der Waals surface area contributed by atoms with Crippen molar-refractivity contribution in [1.29, 1.82) is 0 Å². The third-order valence-electron chi connectivity index (χ3n) is 3.68. The van der Waals surface area contributed by atoms with E-state index >= 15 is 0 Å². The second kappa shape index (κ2) is 6.52. The number of carbonyl (C=O) groups is 2. The van der Waals surface area contributed by atoms with E-state index in [2.05, 4.69) is 0 Å². The highest BCUT2D eigenvalue weighted by molar-refractivity contribution is 5.96. The summed E-state index contributed by atoms with van der Waals surface area (Å²) in [5, 5.41) is 18.3. The van der Waals surface area contributed by atoms with Crippen LogP contribution in [0.5, 0.6) is 0 Å². The fourth-order valence-corrected chi connectivity index (χ4v) is 2.53. The number of aliphatic hydroxyl groups excluding tert-OH is 1. The normalized spacial score (nSPS) is 19.4. The van der Waals surface area contributed by atoms with Crippen LogP contribution in [-0.4, -0.2) is 39.6 Å². The first-order valence-electron chi connectivity index (χ1n) is 6.87. The summed E-state index contributed by atoms with van der Waals surface area (Å²) in [6, 6.07) is 5.90. The zero-order chi connectivity index (χ0) is 14.5. The van der Waals surface area contributed by atoms with Crippen LogP contribution < -0.4 is 0 Å². The van der Waals surface area contributed by atoms with Gasteiger partial charge in [-0.1, -0.05) is 25.0 Å². The van der Waals surface area contributed by atoms with Gasteiger partial charge in [0.25, 0.3) is 5.91 Å². The van der Waals surface area contributed by atoms with E-state index in [1.165, 1.54) is 4.90 Å². The Bertz CT molecular complexity index is 483. The lowest BCUT2D eigenvalue weighted by Crippen LogP contribution is -2.44. The fourth-order valence-electron chi connectivity index (χ4n) is 2.53. The Morgan fingerprint density at radius 3 is 2.45 bits per heavy atom. The van der Waals surface area contributed by atoms with Gasteiger partial charge in [-0.2, -0.15) is 0 Å². The SMILES string of the molecule is O=C(O)C1CCCCCN1C(=O)c1ccc(CO)cc1. The summed E-state index contributed by atoms with van der Waals surface area (Å²) in [4.78, 5) is 25.3. The topological polar surface area (TPSA) is 77.8 Å². The monoisotopic (exact) mass is 277 g/mol. The lowest BCUT2D eigenvalue weighted by molar-refractivity contribution is -0.142. The van der Waals surface area contributed by atoms with Crippen LogP contribution in [0, 0.1) is 0 Å². The predicted octanol–water partition coefficient (Wildman–Crippen LogP) is 1.65. The van der Waals surface area contributed by atoms with Gasteiger partial charge in [-0.05, 0) is 30.5 Å². The summed E-state index contributed by atoms with van der Waals surface area (Å²) in [5.41, 5.74) is 1.20. The fraction of sp³-hybridized carbons (Fsp3) is 0.467. The summed E-state index contributed by atoms with van der Waals surface area (Å²) in [5.74, 6) is -1.18. The predicted molar refractivity (Wildman–Crippen MR) is 73.3 cm³/mol. The number of nitrogens with zero attached hydrogens (tertiary/aromatic N) is 1. The number of rotatable bonds is 3. The highest BCUT2D eigenvalue weighted by atomic mass is 16.4. The molecule has 2 N–H and O–H groups in total. The molecule has 1 atom stereocenters. The van der Waals surface area contributed by atoms with E-state index in [0.29, 0.717) is 18.5 Å². The molecule has 0 aromatic heterocycles. The van der Waals surface area contributed by atoms with Gasteiger partial charge >= 0.3 is 5.97 Å². The largest absolute Gasteiger partial charge is 0.480 e. The van der Waals surface area contributed by atoms with Crippen LogP contribution in [-0.2, 0) is 11.4 Å². The molecule has 0 saturated carbocycles. The van der Waals surface area contributed by atoms with Crippen LogP contribution in [0.25, 0.3) is 0 Å². The number of carbonyl (C=O) groups excluding carboxylic acids is 1. The molecule has 1 aromatic rings. The molecule has 1 aliphatic heterocycles. The smallest absolute Gasteiger partial charge is 0.326 e. The number of carboxylic acids is 1. The van der Waals surface area contributed by atoms with Crippen molar-refractivity contribution in [3.63, 3.8) is 0 Å². The van der Waals surface area contributed by atoms with Crippen LogP contribution in [0.4, 0.5) is 0 Å². The van der Waals surface area contributed by atoms with Gasteiger partial charge in [0.1, 0.15) is 6.04 Å². The number of benzene rings is 1. The Morgan fingerprint density at radius 2 is 1.85 bits per heavy atom. The van der Waals surface area contributed by atoms with Crippen LogP contribution in [0.1, 0.15) is 41.6 Å². The molecule has 1 aliphatic rings. The third kappa shape index (κ3) is 3.17. The minimum atomic E-state index is -0.938. The van der Waals surface area contributed by atoms with Gasteiger partial charge in [0.05, 0.1) is 6.61 Å². The molecule has 1 saturated heterocycles. The average molecular weight is 277 g/mol. The van der Waals surface area contributed by atoms with Gasteiger partial charge in [-0.3, -0.25) is 4.79 Å². The van der Waals surface area contributed by atoms with Gasteiger partial charge < -0.3 is 15.1 Å². The second-order valence-electron chi connectivity index (χ2n) is 5.06. The Morgan fingerprint density at radius 1 is 1.15 bits per heavy atom. The Balaban J connectivity index is 2.21. The molecule has 108 valence electrons. The summed E-state index contributed by atoms with van der Waals surface area (Å²) in [6.07, 6.45) is 3.14. The van der Waals surface area contributed by atoms with Crippen molar-refractivity contribution < 1.29 is 19.8 Å². The molecule has 2 rings (SSSR count). The van der Waals surface area contributed by atoms with E-state index in [1.807, 2.05) is 0 Å². The van der Waals surface area contributed by atoms with Crippen molar-refractivity contribution in [2.75, 3.05) is 6.54 Å². The minimum Gasteiger partial charge on any atom is -0.480 e. The first kappa shape index (κ1) is 14.5. The molecular formula is C15H19NO4. The number of carboxylic acid groups (broad SMARTS) is 1. The lowest BCUT2D eigenvalue weighted by atomic mass is 10.1. The molecule has 5 heteroatoms. The van der Waals surface area contributed by atoms with Crippen molar-refractivity contribution >= 4 is 11.9 Å². The molecule has 1 fully saturated rings. The van der Waals surface area contributed by atoms with Crippen molar-refractivity contribution in [3.8, 4) is 0 Å². The molecule has 0 spiro atoms. The lowest BCUT2D eigenvalue weighted by Gasteiger charge is -2.27. The van der Waals surface area contributed by atoms with Crippen LogP contribution in [0.2, 0.25) is 0 Å². The first-order chi connectivity index (χ1) is 9.63. The number of amides is 1. The zero-order valence-electron chi connectivity index (χ0n) is 11.3. The van der Waals surface area contributed by atoms with E-state index in [4.69, 9.17) is 5.11 Å². The summed E-state index contributed by atoms with van der Waals surface area (Å²) in [6.45, 7) is 0.410. The van der Waals surface area contributed by atoms with Crippen LogP contribution in [0.15, 0.2) is 24.3 Å². The van der Waals surface area contributed by atoms with Gasteiger partial charge in [0, 0.05) is 12.1 Å². The van der Waals surface area contributed by atoms with Gasteiger partial charge in [-0.15, -0.1) is 0 Å². The highest BCUT2D eigenvalue weighted by Gasteiger charge is 2.31. The number of aliphatic hydroxyl groups is 1. The maximum Gasteiger partial charge on any atom is 0.326 e. The molecule has 1 heterocycles. The molecule has 1 unspecified atom stereocenters. The van der Waals surface area contributed by atoms with Gasteiger partial charge in [0.15, 0.2) is 0 Å². The first-order valence-corrected chi connectivity index (χ1v) is 6.87. The van der Waals surface area contributed by atoms with Crippen molar-refractivity contribution in [2.45, 2.75) is 38.3 Å². The molecule has 0 radical (unpaired) electrons. The van der Waals surface area contributed by atoms with E-state index in [0.717, 1.165) is 24.8 Å². The number of likely N-dealkylation sites (tertiary alicyclic amines) is 1. The molecule has 20 heavy (non-hydrogen) atoms. The van der Waals surface area contributed by atoms with Crippen LogP contribution >= 0.6 is 0 Å². The average Bonchev–Trinajstić information content (AvgIpc) is 2.72. The number of aliphatic carboxylic acids is 1. The summed E-state index contributed by atoms with van der Waals surface area (Å²) < 4.78 is 0. The number of hydrogen-bond acceptors (Lipinski definition) is 3. The zero-order valence-corrected chi connectivity index (χ0v) is 11.3. The molecule has 0 aliphatic carbocycles. The quantitative estimate of drug-likeness (QED) is 0.880. The van der Waals surface area contributed by atoms with Crippen molar-refractivity contribution in [3.05, 3.63) is 35.4 Å². The molecule has 1 aromatic carbocycles. The maximum absolute atomic E-state index is 12.5. The van der Waals surface area contributed by atoms with E-state index in [9.17, 15) is 14.7 Å². The Hall–Kier alpha value is -1.88. The van der Waals surface area contributed by atoms with Crippen molar-refractivity contribution in [2.24, 2.45) is 0 Å². The third-order valence-corrected chi connectivity index (χ3v) is 3.68. The molecular weight excluding hydrogens is 258 g/mol. The van der Waals surface area contributed by atoms with Gasteiger partial charge in [0.2, 0.25) is 0 Å². The Labute approximate surface area is 117 Å². The van der Waals surface area contributed by atoms with Gasteiger partial charge in [-0.25, -0.2) is 4.79 Å². The molecule has 5 nitrogen and oxygen atoms in total. The summed E-state index contributed by atoms with van der Waals surface area (Å²) in [7, 11) is 0. The van der Waals surface area contributed by atoms with E-state index in [-0.39, 0.29) is 12.5 Å². The molecule has 1 amide bonds. The number of hydrogen-bond donors (Lipinski definition) is 2. The summed E-state index contributed by atoms with van der Waals surface area (Å²) >= 11 is 0. The Kier molecular flexibility index (Phi) is 4.74.